The minimum absolute atomic E-state index is 0.505. The molecule has 2 aliphatic rings. The molecule has 2 fully saturated rings. The molecule has 1 aromatic heterocycles. The molecular weight excluding hydrogens is 414 g/mol. The molecule has 3 heterocycles. The minimum atomic E-state index is 0.505. The predicted molar refractivity (Wildman–Crippen MR) is 135 cm³/mol. The summed E-state index contributed by atoms with van der Waals surface area (Å²) in [4.78, 5) is 19.0. The van der Waals surface area contributed by atoms with Gasteiger partial charge in [-0.1, -0.05) is 13.8 Å². The van der Waals surface area contributed by atoms with Crippen LogP contribution in [0.1, 0.15) is 57.9 Å². The summed E-state index contributed by atoms with van der Waals surface area (Å²) in [6.45, 7) is 9.01. The second-order valence-electron chi connectivity index (χ2n) is 9.37. The Bertz CT molecular complexity index is 867. The SMILES string of the molecule is CC(C)COc1ccc(/C=N\N(C)c2nc(N3CCCCC3)nc(N3CCCCC3)n2)cc1. The van der Waals surface area contributed by atoms with Gasteiger partial charge < -0.3 is 14.5 Å². The number of hydrazone groups is 1. The van der Waals surface area contributed by atoms with E-state index in [2.05, 4.69) is 28.7 Å². The Morgan fingerprint density at radius 2 is 1.42 bits per heavy atom. The molecule has 2 saturated heterocycles. The molecule has 2 aromatic rings. The molecule has 4 rings (SSSR count). The van der Waals surface area contributed by atoms with Crippen LogP contribution in [0.5, 0.6) is 5.75 Å². The lowest BCUT2D eigenvalue weighted by atomic mass is 10.1. The van der Waals surface area contributed by atoms with E-state index in [0.29, 0.717) is 18.5 Å². The number of benzene rings is 1. The van der Waals surface area contributed by atoms with Crippen LogP contribution in [-0.4, -0.2) is 61.0 Å². The van der Waals surface area contributed by atoms with Gasteiger partial charge in [0.25, 0.3) is 5.95 Å². The average Bonchev–Trinajstić information content (AvgIpc) is 2.87. The molecule has 0 radical (unpaired) electrons. The van der Waals surface area contributed by atoms with E-state index in [1.807, 2.05) is 37.5 Å². The van der Waals surface area contributed by atoms with Crippen molar-refractivity contribution < 1.29 is 4.74 Å². The first-order chi connectivity index (χ1) is 16.1. The lowest BCUT2D eigenvalue weighted by Crippen LogP contribution is -2.35. The van der Waals surface area contributed by atoms with Gasteiger partial charge in [-0.05, 0) is 74.3 Å². The third-order valence-corrected chi connectivity index (χ3v) is 6.01. The van der Waals surface area contributed by atoms with E-state index in [1.54, 1.807) is 5.01 Å². The van der Waals surface area contributed by atoms with Crippen molar-refractivity contribution in [1.29, 1.82) is 0 Å². The Kier molecular flexibility index (Phi) is 7.96. The maximum absolute atomic E-state index is 5.77. The first kappa shape index (κ1) is 23.3. The van der Waals surface area contributed by atoms with Crippen LogP contribution >= 0.6 is 0 Å². The summed E-state index contributed by atoms with van der Waals surface area (Å²) < 4.78 is 5.77. The number of hydrogen-bond donors (Lipinski definition) is 0. The molecule has 8 nitrogen and oxygen atoms in total. The first-order valence-electron chi connectivity index (χ1n) is 12.3. The van der Waals surface area contributed by atoms with Gasteiger partial charge >= 0.3 is 0 Å². The molecular formula is C25H37N7O. The van der Waals surface area contributed by atoms with E-state index in [4.69, 9.17) is 19.7 Å². The third kappa shape index (κ3) is 6.55. The van der Waals surface area contributed by atoms with Crippen molar-refractivity contribution in [3.63, 3.8) is 0 Å². The van der Waals surface area contributed by atoms with Crippen molar-refractivity contribution in [2.24, 2.45) is 11.0 Å². The van der Waals surface area contributed by atoms with Gasteiger partial charge in [0.15, 0.2) is 0 Å². The molecule has 178 valence electrons. The van der Waals surface area contributed by atoms with Gasteiger partial charge in [0.2, 0.25) is 11.9 Å². The molecule has 2 aliphatic heterocycles. The fourth-order valence-electron chi connectivity index (χ4n) is 4.08. The van der Waals surface area contributed by atoms with Gasteiger partial charge in [0.05, 0.1) is 12.8 Å². The van der Waals surface area contributed by atoms with E-state index >= 15 is 0 Å². The molecule has 0 amide bonds. The normalized spacial score (nSPS) is 17.1. The molecule has 0 unspecified atom stereocenters. The van der Waals surface area contributed by atoms with Crippen molar-refractivity contribution >= 4 is 24.1 Å². The summed E-state index contributed by atoms with van der Waals surface area (Å²) in [5.74, 6) is 3.51. The zero-order chi connectivity index (χ0) is 23.0. The average molecular weight is 452 g/mol. The highest BCUT2D eigenvalue weighted by Gasteiger charge is 2.21. The predicted octanol–water partition coefficient (Wildman–Crippen LogP) is 4.36. The van der Waals surface area contributed by atoms with E-state index < -0.39 is 0 Å². The molecule has 0 saturated carbocycles. The van der Waals surface area contributed by atoms with E-state index in [-0.39, 0.29) is 0 Å². The van der Waals surface area contributed by atoms with Gasteiger partial charge in [-0.3, -0.25) is 0 Å². The first-order valence-corrected chi connectivity index (χ1v) is 12.3. The van der Waals surface area contributed by atoms with Crippen LogP contribution in [0.4, 0.5) is 17.8 Å². The Morgan fingerprint density at radius 1 is 0.879 bits per heavy atom. The Morgan fingerprint density at radius 3 is 1.94 bits per heavy atom. The van der Waals surface area contributed by atoms with Crippen LogP contribution in [-0.2, 0) is 0 Å². The van der Waals surface area contributed by atoms with Gasteiger partial charge in [-0.25, -0.2) is 5.01 Å². The molecule has 0 bridgehead atoms. The smallest absolute Gasteiger partial charge is 0.252 e. The summed E-state index contributed by atoms with van der Waals surface area (Å²) in [6, 6.07) is 7.99. The Hall–Kier alpha value is -2.90. The van der Waals surface area contributed by atoms with Crippen LogP contribution in [0.25, 0.3) is 0 Å². The van der Waals surface area contributed by atoms with Gasteiger partial charge in [0.1, 0.15) is 5.75 Å². The van der Waals surface area contributed by atoms with Crippen LogP contribution in [0.3, 0.4) is 0 Å². The summed E-state index contributed by atoms with van der Waals surface area (Å²) in [5, 5.41) is 6.36. The fraction of sp³-hybridized carbons (Fsp3) is 0.600. The maximum Gasteiger partial charge on any atom is 0.252 e. The van der Waals surface area contributed by atoms with Crippen LogP contribution < -0.4 is 19.5 Å². The van der Waals surface area contributed by atoms with E-state index in [0.717, 1.165) is 49.4 Å². The quantitative estimate of drug-likeness (QED) is 0.436. The number of nitrogens with zero attached hydrogens (tertiary/aromatic N) is 7. The second-order valence-corrected chi connectivity index (χ2v) is 9.37. The van der Waals surface area contributed by atoms with E-state index in [1.165, 1.54) is 38.5 Å². The fourth-order valence-corrected chi connectivity index (χ4v) is 4.08. The molecule has 0 aliphatic carbocycles. The molecule has 0 N–H and O–H groups in total. The highest BCUT2D eigenvalue weighted by atomic mass is 16.5. The summed E-state index contributed by atoms with van der Waals surface area (Å²) in [5.41, 5.74) is 1.00. The van der Waals surface area contributed by atoms with Crippen molar-refractivity contribution in [2.45, 2.75) is 52.4 Å². The van der Waals surface area contributed by atoms with Gasteiger partial charge in [-0.2, -0.15) is 20.1 Å². The summed E-state index contributed by atoms with van der Waals surface area (Å²) in [7, 11) is 1.89. The van der Waals surface area contributed by atoms with E-state index in [9.17, 15) is 0 Å². The number of aromatic nitrogens is 3. The Labute approximate surface area is 197 Å². The maximum atomic E-state index is 5.77. The zero-order valence-electron chi connectivity index (χ0n) is 20.3. The van der Waals surface area contributed by atoms with Gasteiger partial charge in [0, 0.05) is 33.2 Å². The Balaban J connectivity index is 1.50. The van der Waals surface area contributed by atoms with Crippen molar-refractivity contribution in [2.75, 3.05) is 54.6 Å². The molecule has 0 spiro atoms. The standard InChI is InChI=1S/C25H37N7O/c1-20(2)19-33-22-12-10-21(11-13-22)18-26-30(3)23-27-24(31-14-6-4-7-15-31)29-25(28-23)32-16-8-5-9-17-32/h10-13,18,20H,4-9,14-17,19H2,1-3H3/b26-18-. The van der Waals surface area contributed by atoms with Crippen molar-refractivity contribution in [3.05, 3.63) is 29.8 Å². The monoisotopic (exact) mass is 451 g/mol. The van der Waals surface area contributed by atoms with Crippen LogP contribution in [0.15, 0.2) is 29.4 Å². The number of piperidine rings is 2. The number of rotatable bonds is 8. The second kappa shape index (κ2) is 11.3. The summed E-state index contributed by atoms with van der Waals surface area (Å²) in [6.07, 6.45) is 9.13. The van der Waals surface area contributed by atoms with Crippen LogP contribution in [0.2, 0.25) is 0 Å². The lowest BCUT2D eigenvalue weighted by Gasteiger charge is -2.30. The van der Waals surface area contributed by atoms with Gasteiger partial charge in [-0.15, -0.1) is 0 Å². The topological polar surface area (TPSA) is 70.0 Å². The third-order valence-electron chi connectivity index (χ3n) is 6.01. The number of ether oxygens (including phenoxy) is 1. The largest absolute Gasteiger partial charge is 0.493 e. The highest BCUT2D eigenvalue weighted by molar-refractivity contribution is 5.80. The zero-order valence-corrected chi connectivity index (χ0v) is 20.3. The summed E-state index contributed by atoms with van der Waals surface area (Å²) >= 11 is 0. The minimum Gasteiger partial charge on any atom is -0.493 e. The number of anilines is 3. The van der Waals surface area contributed by atoms with Crippen molar-refractivity contribution in [1.82, 2.24) is 15.0 Å². The van der Waals surface area contributed by atoms with Crippen LogP contribution in [0, 0.1) is 5.92 Å². The molecule has 8 heteroatoms. The lowest BCUT2D eigenvalue weighted by molar-refractivity contribution is 0.271. The number of hydrogen-bond acceptors (Lipinski definition) is 8. The molecule has 1 aromatic carbocycles. The molecule has 0 atom stereocenters. The highest BCUT2D eigenvalue weighted by Crippen LogP contribution is 2.23. The van der Waals surface area contributed by atoms with Crippen molar-refractivity contribution in [3.8, 4) is 5.75 Å². The molecule has 33 heavy (non-hydrogen) atoms.